The summed E-state index contributed by atoms with van der Waals surface area (Å²) in [4.78, 5) is 31.5. The largest absolute Gasteiger partial charge is 0.497 e. The summed E-state index contributed by atoms with van der Waals surface area (Å²) in [6.07, 6.45) is 1.93. The van der Waals surface area contributed by atoms with Crippen molar-refractivity contribution in [3.8, 4) is 17.1 Å². The van der Waals surface area contributed by atoms with Crippen LogP contribution in [0.25, 0.3) is 26.6 Å². The number of ether oxygens (including phenoxy) is 1. The standard InChI is InChI=1S/C25H19ClN2O3S/c1-31-18-10-7-16(8-11-18)23-27-24-20(19-12-9-17(14-29)21(26)22(19)32-24)25(30)28(23)13-15-5-3-2-4-6-15/h2-8,10-11,14H,9,12-13H2,1H3. The van der Waals surface area contributed by atoms with Crippen LogP contribution in [0.1, 0.15) is 22.4 Å². The number of aryl methyl sites for hydroxylation is 1. The topological polar surface area (TPSA) is 61.2 Å². The third kappa shape index (κ3) is 3.45. The molecular formula is C25H19ClN2O3S. The Labute approximate surface area is 193 Å². The van der Waals surface area contributed by atoms with Gasteiger partial charge in [0.2, 0.25) is 0 Å². The molecule has 2 heterocycles. The number of aromatic nitrogens is 2. The van der Waals surface area contributed by atoms with Crippen LogP contribution in [-0.4, -0.2) is 22.9 Å². The molecule has 0 bridgehead atoms. The first kappa shape index (κ1) is 20.7. The summed E-state index contributed by atoms with van der Waals surface area (Å²) in [7, 11) is 1.62. The predicted molar refractivity (Wildman–Crippen MR) is 129 cm³/mol. The number of fused-ring (bicyclic) bond motifs is 3. The monoisotopic (exact) mass is 462 g/mol. The number of allylic oxidation sites excluding steroid dienone is 1. The zero-order valence-corrected chi connectivity index (χ0v) is 18.9. The molecule has 1 aliphatic carbocycles. The van der Waals surface area contributed by atoms with Gasteiger partial charge in [-0.2, -0.15) is 0 Å². The average molecular weight is 463 g/mol. The lowest BCUT2D eigenvalue weighted by Crippen LogP contribution is -2.24. The Kier molecular flexibility index (Phi) is 5.41. The van der Waals surface area contributed by atoms with Gasteiger partial charge in [0.15, 0.2) is 0 Å². The first-order valence-electron chi connectivity index (χ1n) is 10.2. The molecule has 5 nitrogen and oxygen atoms in total. The van der Waals surface area contributed by atoms with Gasteiger partial charge in [-0.05, 0) is 48.2 Å². The lowest BCUT2D eigenvalue weighted by molar-refractivity contribution is -0.105. The van der Waals surface area contributed by atoms with Crippen LogP contribution < -0.4 is 10.3 Å². The Morgan fingerprint density at radius 3 is 2.56 bits per heavy atom. The molecule has 2 aromatic heterocycles. The molecule has 1 aliphatic rings. The number of aldehydes is 1. The summed E-state index contributed by atoms with van der Waals surface area (Å²) in [5.74, 6) is 1.32. The molecule has 0 atom stereocenters. The third-order valence-corrected chi connectivity index (χ3v) is 7.40. The van der Waals surface area contributed by atoms with E-state index in [1.54, 1.807) is 11.7 Å². The highest BCUT2D eigenvalue weighted by molar-refractivity contribution is 7.20. The van der Waals surface area contributed by atoms with Gasteiger partial charge in [-0.15, -0.1) is 11.3 Å². The zero-order valence-electron chi connectivity index (χ0n) is 17.3. The molecule has 0 spiro atoms. The Morgan fingerprint density at radius 2 is 1.88 bits per heavy atom. The van der Waals surface area contributed by atoms with Gasteiger partial charge in [0, 0.05) is 11.1 Å². The fourth-order valence-electron chi connectivity index (χ4n) is 4.05. The zero-order chi connectivity index (χ0) is 22.2. The van der Waals surface area contributed by atoms with Crippen molar-refractivity contribution in [2.75, 3.05) is 7.11 Å². The van der Waals surface area contributed by atoms with Crippen molar-refractivity contribution in [1.82, 2.24) is 9.55 Å². The molecule has 0 N–H and O–H groups in total. The van der Waals surface area contributed by atoms with Gasteiger partial charge in [0.1, 0.15) is 22.7 Å². The number of carbonyl (C=O) groups is 1. The van der Waals surface area contributed by atoms with Crippen molar-refractivity contribution >= 4 is 44.5 Å². The van der Waals surface area contributed by atoms with Crippen molar-refractivity contribution in [1.29, 1.82) is 0 Å². The Balaban J connectivity index is 1.77. The van der Waals surface area contributed by atoms with Crippen LogP contribution in [0.5, 0.6) is 5.75 Å². The van der Waals surface area contributed by atoms with E-state index in [-0.39, 0.29) is 5.56 Å². The summed E-state index contributed by atoms with van der Waals surface area (Å²) in [6.45, 7) is 0.401. The second-order valence-electron chi connectivity index (χ2n) is 7.59. The summed E-state index contributed by atoms with van der Waals surface area (Å²) in [6, 6.07) is 17.4. The van der Waals surface area contributed by atoms with Crippen molar-refractivity contribution in [3.63, 3.8) is 0 Å². The minimum absolute atomic E-state index is 0.0961. The molecule has 0 fully saturated rings. The highest BCUT2D eigenvalue weighted by atomic mass is 35.5. The van der Waals surface area contributed by atoms with Gasteiger partial charge < -0.3 is 4.74 Å². The lowest BCUT2D eigenvalue weighted by atomic mass is 9.97. The summed E-state index contributed by atoms with van der Waals surface area (Å²) in [5, 5.41) is 1.03. The molecule has 0 radical (unpaired) electrons. The van der Waals surface area contributed by atoms with Crippen LogP contribution in [0.2, 0.25) is 0 Å². The summed E-state index contributed by atoms with van der Waals surface area (Å²) >= 11 is 7.88. The minimum Gasteiger partial charge on any atom is -0.497 e. The van der Waals surface area contributed by atoms with Gasteiger partial charge in [-0.3, -0.25) is 14.2 Å². The van der Waals surface area contributed by atoms with E-state index in [0.717, 1.165) is 33.6 Å². The SMILES string of the molecule is COc1ccc(-c2nc3sc4c(c3c(=O)n2Cc2ccccc2)CCC(C=O)=C4Cl)cc1. The molecule has 0 saturated heterocycles. The summed E-state index contributed by atoms with van der Waals surface area (Å²) in [5.41, 5.74) is 3.20. The minimum atomic E-state index is -0.0961. The van der Waals surface area contributed by atoms with Gasteiger partial charge in [0.25, 0.3) is 5.56 Å². The van der Waals surface area contributed by atoms with E-state index in [9.17, 15) is 9.59 Å². The quantitative estimate of drug-likeness (QED) is 0.379. The second-order valence-corrected chi connectivity index (χ2v) is 8.96. The van der Waals surface area contributed by atoms with Crippen molar-refractivity contribution in [2.45, 2.75) is 19.4 Å². The van der Waals surface area contributed by atoms with E-state index < -0.39 is 0 Å². The molecule has 5 rings (SSSR count). The van der Waals surface area contributed by atoms with Crippen LogP contribution in [0, 0.1) is 0 Å². The molecule has 0 saturated carbocycles. The number of hydrogen-bond acceptors (Lipinski definition) is 5. The number of hydrogen-bond donors (Lipinski definition) is 0. The normalized spacial score (nSPS) is 13.3. The number of rotatable bonds is 5. The second kappa shape index (κ2) is 8.37. The number of carbonyl (C=O) groups excluding carboxylic acids is 1. The van der Waals surface area contributed by atoms with Gasteiger partial charge >= 0.3 is 0 Å². The van der Waals surface area contributed by atoms with E-state index in [0.29, 0.717) is 46.0 Å². The molecule has 160 valence electrons. The molecule has 7 heteroatoms. The maximum absolute atomic E-state index is 13.8. The Morgan fingerprint density at radius 1 is 1.12 bits per heavy atom. The maximum atomic E-state index is 13.8. The number of benzene rings is 2. The fraction of sp³-hybridized carbons (Fsp3) is 0.160. The van der Waals surface area contributed by atoms with Crippen molar-refractivity contribution in [3.05, 3.63) is 86.5 Å². The van der Waals surface area contributed by atoms with Gasteiger partial charge in [-0.25, -0.2) is 4.98 Å². The molecule has 0 aliphatic heterocycles. The van der Waals surface area contributed by atoms with E-state index in [4.69, 9.17) is 21.3 Å². The van der Waals surface area contributed by atoms with Crippen LogP contribution in [0.15, 0.2) is 65.0 Å². The number of nitrogens with zero attached hydrogens (tertiary/aromatic N) is 2. The van der Waals surface area contributed by atoms with E-state index >= 15 is 0 Å². The highest BCUT2D eigenvalue weighted by Crippen LogP contribution is 2.42. The van der Waals surface area contributed by atoms with Crippen molar-refractivity contribution < 1.29 is 9.53 Å². The van der Waals surface area contributed by atoms with Gasteiger partial charge in [0.05, 0.1) is 29.0 Å². The van der Waals surface area contributed by atoms with Crippen LogP contribution in [-0.2, 0) is 17.8 Å². The molecular weight excluding hydrogens is 444 g/mol. The smallest absolute Gasteiger partial charge is 0.263 e. The predicted octanol–water partition coefficient (Wildman–Crippen LogP) is 5.28. The molecule has 2 aromatic carbocycles. The van der Waals surface area contributed by atoms with Crippen LogP contribution in [0.4, 0.5) is 0 Å². The van der Waals surface area contributed by atoms with Crippen LogP contribution >= 0.6 is 22.9 Å². The molecule has 0 amide bonds. The molecule has 32 heavy (non-hydrogen) atoms. The number of methoxy groups -OCH3 is 1. The number of halogens is 1. The third-order valence-electron chi connectivity index (χ3n) is 5.71. The average Bonchev–Trinajstić information content (AvgIpc) is 3.21. The van der Waals surface area contributed by atoms with E-state index in [1.807, 2.05) is 54.6 Å². The van der Waals surface area contributed by atoms with E-state index in [2.05, 4.69) is 0 Å². The van der Waals surface area contributed by atoms with Crippen LogP contribution in [0.3, 0.4) is 0 Å². The summed E-state index contributed by atoms with van der Waals surface area (Å²) < 4.78 is 7.00. The fourth-order valence-corrected chi connectivity index (χ4v) is 5.61. The van der Waals surface area contributed by atoms with Gasteiger partial charge in [-0.1, -0.05) is 41.9 Å². The van der Waals surface area contributed by atoms with E-state index in [1.165, 1.54) is 11.3 Å². The highest BCUT2D eigenvalue weighted by Gasteiger charge is 2.26. The number of thiophene rings is 1. The Bertz CT molecular complexity index is 1420. The Hall–Kier alpha value is -3.22. The maximum Gasteiger partial charge on any atom is 0.263 e. The lowest BCUT2D eigenvalue weighted by Gasteiger charge is -2.15. The first-order chi connectivity index (χ1) is 15.6. The van der Waals surface area contributed by atoms with Crippen molar-refractivity contribution in [2.24, 2.45) is 0 Å². The molecule has 4 aromatic rings. The first-order valence-corrected chi connectivity index (χ1v) is 11.4. The molecule has 0 unspecified atom stereocenters.